The highest BCUT2D eigenvalue weighted by Gasteiger charge is 2.16. The zero-order valence-electron chi connectivity index (χ0n) is 12.9. The lowest BCUT2D eigenvalue weighted by Crippen LogP contribution is -2.21. The molecule has 0 saturated carbocycles. The van der Waals surface area contributed by atoms with E-state index >= 15 is 0 Å². The van der Waals surface area contributed by atoms with E-state index in [9.17, 15) is 9.59 Å². The molecule has 3 rings (SSSR count). The molecule has 25 heavy (non-hydrogen) atoms. The summed E-state index contributed by atoms with van der Waals surface area (Å²) >= 11 is 9.21. The molecule has 0 fully saturated rings. The summed E-state index contributed by atoms with van der Waals surface area (Å²) in [5, 5.41) is 2.88. The van der Waals surface area contributed by atoms with Gasteiger partial charge in [-0.1, -0.05) is 27.5 Å². The first-order chi connectivity index (χ1) is 12.0. The van der Waals surface area contributed by atoms with Gasteiger partial charge in [-0.15, -0.1) is 0 Å². The quantitative estimate of drug-likeness (QED) is 0.755. The van der Waals surface area contributed by atoms with Crippen LogP contribution in [0.3, 0.4) is 0 Å². The smallest absolute Gasteiger partial charge is 0.340 e. The van der Waals surface area contributed by atoms with Crippen molar-refractivity contribution < 1.29 is 23.8 Å². The lowest BCUT2D eigenvalue weighted by Gasteiger charge is -2.19. The molecule has 1 amide bonds. The van der Waals surface area contributed by atoms with Crippen molar-refractivity contribution in [2.45, 2.75) is 0 Å². The predicted octanol–water partition coefficient (Wildman–Crippen LogP) is 3.67. The van der Waals surface area contributed by atoms with Crippen LogP contribution >= 0.6 is 27.5 Å². The Balaban J connectivity index is 1.58. The number of halogens is 2. The van der Waals surface area contributed by atoms with Gasteiger partial charge in [0.1, 0.15) is 13.2 Å². The third kappa shape index (κ3) is 4.43. The summed E-state index contributed by atoms with van der Waals surface area (Å²) in [6.07, 6.45) is 0. The van der Waals surface area contributed by atoms with Crippen molar-refractivity contribution in [3.05, 3.63) is 51.5 Å². The van der Waals surface area contributed by atoms with Crippen LogP contribution in [0.15, 0.2) is 40.9 Å². The molecule has 130 valence electrons. The molecule has 6 nitrogen and oxygen atoms in total. The maximum atomic E-state index is 12.0. The van der Waals surface area contributed by atoms with Gasteiger partial charge in [-0.3, -0.25) is 4.79 Å². The van der Waals surface area contributed by atoms with Crippen LogP contribution in [0.1, 0.15) is 10.4 Å². The molecule has 0 atom stereocenters. The molecule has 0 aliphatic carbocycles. The van der Waals surface area contributed by atoms with Gasteiger partial charge >= 0.3 is 5.97 Å². The minimum atomic E-state index is -0.677. The Hall–Kier alpha value is -2.25. The van der Waals surface area contributed by atoms with Gasteiger partial charge in [0.15, 0.2) is 18.1 Å². The van der Waals surface area contributed by atoms with E-state index in [4.69, 9.17) is 25.8 Å². The van der Waals surface area contributed by atoms with Crippen LogP contribution < -0.4 is 14.8 Å². The van der Waals surface area contributed by atoms with Gasteiger partial charge in [0.2, 0.25) is 0 Å². The first-order valence-corrected chi connectivity index (χ1v) is 8.52. The molecule has 8 heteroatoms. The second-order valence-electron chi connectivity index (χ2n) is 5.11. The van der Waals surface area contributed by atoms with Crippen LogP contribution in [0.2, 0.25) is 5.02 Å². The number of rotatable bonds is 4. The average Bonchev–Trinajstić information content (AvgIpc) is 2.61. The number of hydrogen-bond donors (Lipinski definition) is 1. The Bertz CT molecular complexity index is 827. The zero-order valence-corrected chi connectivity index (χ0v) is 15.2. The van der Waals surface area contributed by atoms with Crippen LogP contribution in [0.4, 0.5) is 5.69 Å². The van der Waals surface area contributed by atoms with Crippen molar-refractivity contribution in [3.63, 3.8) is 0 Å². The van der Waals surface area contributed by atoms with E-state index in [1.807, 2.05) is 0 Å². The Kier molecular flexibility index (Phi) is 5.45. The van der Waals surface area contributed by atoms with Crippen LogP contribution in [0.5, 0.6) is 11.5 Å². The molecule has 1 heterocycles. The molecular weight excluding hydrogens is 414 g/mol. The molecule has 2 aromatic rings. The number of fused-ring (bicyclic) bond motifs is 1. The van der Waals surface area contributed by atoms with Crippen molar-refractivity contribution in [2.75, 3.05) is 25.1 Å². The summed E-state index contributed by atoms with van der Waals surface area (Å²) in [4.78, 5) is 24.0. The molecular formula is C17H13BrClNO5. The van der Waals surface area contributed by atoms with Crippen molar-refractivity contribution in [3.8, 4) is 11.5 Å². The lowest BCUT2D eigenvalue weighted by atomic mass is 10.2. The standard InChI is InChI=1S/C17H13BrClNO5/c18-10-1-3-13(19)12(7-10)17(22)25-9-16(21)20-11-2-4-14-15(8-11)24-6-5-23-14/h1-4,7-8H,5-6,9H2,(H,20,21). The zero-order chi connectivity index (χ0) is 17.8. The number of carbonyl (C=O) groups is 2. The molecule has 0 bridgehead atoms. The Morgan fingerprint density at radius 3 is 2.68 bits per heavy atom. The maximum Gasteiger partial charge on any atom is 0.340 e. The lowest BCUT2D eigenvalue weighted by molar-refractivity contribution is -0.119. The van der Waals surface area contributed by atoms with Gasteiger partial charge in [-0.05, 0) is 30.3 Å². The van der Waals surface area contributed by atoms with Gasteiger partial charge in [0.05, 0.1) is 10.6 Å². The fraction of sp³-hybridized carbons (Fsp3) is 0.176. The third-order valence-electron chi connectivity index (χ3n) is 3.31. The summed E-state index contributed by atoms with van der Waals surface area (Å²) in [5.74, 6) is 0.0294. The first-order valence-electron chi connectivity index (χ1n) is 7.34. The fourth-order valence-corrected chi connectivity index (χ4v) is 2.74. The summed E-state index contributed by atoms with van der Waals surface area (Å²) in [5.41, 5.74) is 0.703. The maximum absolute atomic E-state index is 12.0. The number of esters is 1. The first kappa shape index (κ1) is 17.6. The van der Waals surface area contributed by atoms with E-state index < -0.39 is 18.5 Å². The van der Waals surface area contributed by atoms with Crippen LogP contribution in [-0.2, 0) is 9.53 Å². The second-order valence-corrected chi connectivity index (χ2v) is 6.43. The molecule has 1 aliphatic heterocycles. The Labute approximate surface area is 157 Å². The molecule has 0 unspecified atom stereocenters. The van der Waals surface area contributed by atoms with E-state index in [-0.39, 0.29) is 10.6 Å². The summed E-state index contributed by atoms with van der Waals surface area (Å²) in [7, 11) is 0. The van der Waals surface area contributed by atoms with E-state index in [1.54, 1.807) is 30.3 Å². The summed E-state index contributed by atoms with van der Waals surface area (Å²) in [6, 6.07) is 9.84. The largest absolute Gasteiger partial charge is 0.486 e. The van der Waals surface area contributed by atoms with Crippen LogP contribution in [-0.4, -0.2) is 31.7 Å². The highest BCUT2D eigenvalue weighted by Crippen LogP contribution is 2.32. The Morgan fingerprint density at radius 1 is 1.12 bits per heavy atom. The molecule has 0 saturated heterocycles. The van der Waals surface area contributed by atoms with Gasteiger partial charge < -0.3 is 19.5 Å². The highest BCUT2D eigenvalue weighted by molar-refractivity contribution is 9.10. The minimum Gasteiger partial charge on any atom is -0.486 e. The van der Waals surface area contributed by atoms with Crippen molar-refractivity contribution >= 4 is 45.1 Å². The molecule has 0 spiro atoms. The van der Waals surface area contributed by atoms with Gasteiger partial charge in [0.25, 0.3) is 5.91 Å². The number of nitrogens with one attached hydrogen (secondary N) is 1. The molecule has 2 aromatic carbocycles. The van der Waals surface area contributed by atoms with Crippen LogP contribution in [0.25, 0.3) is 0 Å². The number of benzene rings is 2. The number of ether oxygens (including phenoxy) is 3. The van der Waals surface area contributed by atoms with E-state index in [0.717, 1.165) is 0 Å². The van der Waals surface area contributed by atoms with E-state index in [2.05, 4.69) is 21.2 Å². The van der Waals surface area contributed by atoms with Gasteiger partial charge in [0, 0.05) is 16.2 Å². The van der Waals surface area contributed by atoms with E-state index in [0.29, 0.717) is 34.9 Å². The van der Waals surface area contributed by atoms with E-state index in [1.165, 1.54) is 6.07 Å². The number of hydrogen-bond acceptors (Lipinski definition) is 5. The number of anilines is 1. The van der Waals surface area contributed by atoms with Crippen molar-refractivity contribution in [1.82, 2.24) is 0 Å². The van der Waals surface area contributed by atoms with Crippen molar-refractivity contribution in [2.24, 2.45) is 0 Å². The second kappa shape index (κ2) is 7.76. The topological polar surface area (TPSA) is 73.9 Å². The van der Waals surface area contributed by atoms with Crippen LogP contribution in [0, 0.1) is 0 Å². The monoisotopic (exact) mass is 425 g/mol. The van der Waals surface area contributed by atoms with Gasteiger partial charge in [-0.2, -0.15) is 0 Å². The number of carbonyl (C=O) groups excluding carboxylic acids is 2. The molecule has 0 radical (unpaired) electrons. The third-order valence-corrected chi connectivity index (χ3v) is 4.13. The minimum absolute atomic E-state index is 0.183. The SMILES string of the molecule is O=C(COC(=O)c1cc(Br)ccc1Cl)Nc1ccc2c(c1)OCCO2. The average molecular weight is 427 g/mol. The number of amides is 1. The van der Waals surface area contributed by atoms with Crippen molar-refractivity contribution in [1.29, 1.82) is 0 Å². The molecule has 0 aromatic heterocycles. The Morgan fingerprint density at radius 2 is 1.88 bits per heavy atom. The summed E-state index contributed by atoms with van der Waals surface area (Å²) < 4.78 is 16.5. The highest BCUT2D eigenvalue weighted by atomic mass is 79.9. The normalized spacial score (nSPS) is 12.4. The molecule has 1 N–H and O–H groups in total. The summed E-state index contributed by atoms with van der Waals surface area (Å²) in [6.45, 7) is 0.512. The van der Waals surface area contributed by atoms with Gasteiger partial charge in [-0.25, -0.2) is 4.79 Å². The predicted molar refractivity (Wildman–Crippen MR) is 95.5 cm³/mol. The fourth-order valence-electron chi connectivity index (χ4n) is 2.18. The molecule has 1 aliphatic rings.